The molecule has 14 heavy (non-hydrogen) atoms. The Balaban J connectivity index is 0.00000169. The summed E-state index contributed by atoms with van der Waals surface area (Å²) in [6.45, 7) is 9.19. The molecule has 3 heteroatoms. The summed E-state index contributed by atoms with van der Waals surface area (Å²) in [7, 11) is 0. The van der Waals surface area contributed by atoms with E-state index < -0.39 is 0 Å². The first-order chi connectivity index (χ1) is 6.36. The number of epoxide rings is 1. The summed E-state index contributed by atoms with van der Waals surface area (Å²) in [5.74, 6) is 0. The molecule has 0 spiro atoms. The first-order valence-corrected chi connectivity index (χ1v) is 5.70. The Morgan fingerprint density at radius 1 is 1.14 bits per heavy atom. The number of rotatable bonds is 8. The number of ether oxygens (including phenoxy) is 1. The van der Waals surface area contributed by atoms with Crippen LogP contribution in [0.1, 0.15) is 39.5 Å². The summed E-state index contributed by atoms with van der Waals surface area (Å²) in [6, 6.07) is 0. The van der Waals surface area contributed by atoms with Gasteiger partial charge in [0.25, 0.3) is 0 Å². The molecule has 1 aliphatic heterocycles. The molecular weight excluding hydrogens is 198 g/mol. The minimum Gasteiger partial charge on any atom is -0.372 e. The van der Waals surface area contributed by atoms with E-state index in [-0.39, 0.29) is 12.4 Å². The largest absolute Gasteiger partial charge is 0.372 e. The molecule has 2 nitrogen and oxygen atoms in total. The average Bonchev–Trinajstić information content (AvgIpc) is 2.93. The van der Waals surface area contributed by atoms with Crippen molar-refractivity contribution in [3.63, 3.8) is 0 Å². The van der Waals surface area contributed by atoms with Crippen LogP contribution in [0.15, 0.2) is 0 Å². The second kappa shape index (κ2) is 8.51. The van der Waals surface area contributed by atoms with Gasteiger partial charge in [-0.1, -0.05) is 26.7 Å². The lowest BCUT2D eigenvalue weighted by atomic mass is 10.2. The second-order valence-electron chi connectivity index (χ2n) is 3.96. The fourth-order valence-electron chi connectivity index (χ4n) is 1.52. The van der Waals surface area contributed by atoms with Crippen LogP contribution in [0.25, 0.3) is 0 Å². The van der Waals surface area contributed by atoms with E-state index >= 15 is 0 Å². The van der Waals surface area contributed by atoms with E-state index in [2.05, 4.69) is 18.7 Å². The molecule has 1 fully saturated rings. The summed E-state index contributed by atoms with van der Waals surface area (Å²) >= 11 is 0. The maximum Gasteiger partial charge on any atom is 0.0936 e. The van der Waals surface area contributed by atoms with Crippen molar-refractivity contribution in [2.75, 3.05) is 26.2 Å². The Morgan fingerprint density at radius 3 is 2.00 bits per heavy atom. The Hall–Kier alpha value is 0.210. The molecule has 1 aliphatic rings. The third-order valence-corrected chi connectivity index (χ3v) is 2.52. The summed E-state index contributed by atoms with van der Waals surface area (Å²) in [6.07, 6.45) is 5.82. The van der Waals surface area contributed by atoms with Crippen LogP contribution in [0.4, 0.5) is 0 Å². The van der Waals surface area contributed by atoms with Gasteiger partial charge in [0.1, 0.15) is 0 Å². The van der Waals surface area contributed by atoms with Gasteiger partial charge in [-0.05, 0) is 25.9 Å². The Morgan fingerprint density at radius 2 is 1.64 bits per heavy atom. The normalized spacial score (nSPS) is 19.5. The smallest absolute Gasteiger partial charge is 0.0936 e. The zero-order valence-electron chi connectivity index (χ0n) is 9.50. The number of halogens is 1. The zero-order chi connectivity index (χ0) is 9.52. The summed E-state index contributed by atoms with van der Waals surface area (Å²) in [5, 5.41) is 0. The van der Waals surface area contributed by atoms with Gasteiger partial charge in [-0.15, -0.1) is 12.4 Å². The molecule has 0 bridgehead atoms. The molecule has 1 heterocycles. The molecular formula is C11H24ClNO. The summed E-state index contributed by atoms with van der Waals surface area (Å²) in [5.41, 5.74) is 0. The monoisotopic (exact) mass is 221 g/mol. The second-order valence-corrected chi connectivity index (χ2v) is 3.96. The van der Waals surface area contributed by atoms with E-state index in [1.807, 2.05) is 0 Å². The fourth-order valence-corrected chi connectivity index (χ4v) is 1.52. The highest BCUT2D eigenvalue weighted by Gasteiger charge is 2.24. The van der Waals surface area contributed by atoms with E-state index in [4.69, 9.17) is 4.74 Å². The first-order valence-electron chi connectivity index (χ1n) is 5.70. The molecule has 1 atom stereocenters. The van der Waals surface area contributed by atoms with Crippen LogP contribution in [0, 0.1) is 0 Å². The molecule has 0 aliphatic carbocycles. The van der Waals surface area contributed by atoms with Crippen LogP contribution < -0.4 is 0 Å². The molecule has 0 radical (unpaired) electrons. The van der Waals surface area contributed by atoms with Crippen molar-refractivity contribution in [3.8, 4) is 0 Å². The lowest BCUT2D eigenvalue weighted by Gasteiger charge is -2.20. The van der Waals surface area contributed by atoms with Crippen molar-refractivity contribution in [1.29, 1.82) is 0 Å². The number of nitrogens with zero attached hydrogens (tertiary/aromatic N) is 1. The van der Waals surface area contributed by atoms with Gasteiger partial charge >= 0.3 is 0 Å². The van der Waals surface area contributed by atoms with Gasteiger partial charge in [0.2, 0.25) is 0 Å². The van der Waals surface area contributed by atoms with Crippen LogP contribution in [0.2, 0.25) is 0 Å². The molecule has 1 saturated heterocycles. The summed E-state index contributed by atoms with van der Waals surface area (Å²) < 4.78 is 5.26. The van der Waals surface area contributed by atoms with Gasteiger partial charge in [-0.3, -0.25) is 0 Å². The third-order valence-electron chi connectivity index (χ3n) is 2.52. The van der Waals surface area contributed by atoms with E-state index in [0.29, 0.717) is 6.10 Å². The molecule has 86 valence electrons. The standard InChI is InChI=1S/C11H23NO.ClH/c1-3-5-7-12(8-6-4-2)9-11-10-13-11;/h11H,3-10H2,1-2H3;1H. The highest BCUT2D eigenvalue weighted by atomic mass is 35.5. The maximum absolute atomic E-state index is 5.26. The van der Waals surface area contributed by atoms with Crippen LogP contribution >= 0.6 is 12.4 Å². The Kier molecular flexibility index (Phi) is 8.64. The van der Waals surface area contributed by atoms with Gasteiger partial charge in [0.05, 0.1) is 12.7 Å². The zero-order valence-corrected chi connectivity index (χ0v) is 10.3. The molecule has 0 aromatic rings. The van der Waals surface area contributed by atoms with Crippen molar-refractivity contribution in [2.24, 2.45) is 0 Å². The lowest BCUT2D eigenvalue weighted by Crippen LogP contribution is -2.30. The van der Waals surface area contributed by atoms with Crippen LogP contribution in [0.5, 0.6) is 0 Å². The van der Waals surface area contributed by atoms with Crippen molar-refractivity contribution in [3.05, 3.63) is 0 Å². The predicted molar refractivity (Wildman–Crippen MR) is 63.2 cm³/mol. The van der Waals surface area contributed by atoms with E-state index in [9.17, 15) is 0 Å². The fraction of sp³-hybridized carbons (Fsp3) is 1.00. The quantitative estimate of drug-likeness (QED) is 0.586. The number of hydrogen-bond acceptors (Lipinski definition) is 2. The Bertz CT molecular complexity index is 120. The third kappa shape index (κ3) is 6.63. The number of hydrogen-bond donors (Lipinski definition) is 0. The van der Waals surface area contributed by atoms with Crippen molar-refractivity contribution >= 4 is 12.4 Å². The number of unbranched alkanes of at least 4 members (excludes halogenated alkanes) is 2. The van der Waals surface area contributed by atoms with Gasteiger partial charge in [-0.25, -0.2) is 0 Å². The maximum atomic E-state index is 5.26. The van der Waals surface area contributed by atoms with Crippen LogP contribution in [-0.4, -0.2) is 37.2 Å². The summed E-state index contributed by atoms with van der Waals surface area (Å²) in [4.78, 5) is 2.56. The highest BCUT2D eigenvalue weighted by molar-refractivity contribution is 5.85. The van der Waals surface area contributed by atoms with Gasteiger partial charge in [0.15, 0.2) is 0 Å². The first kappa shape index (κ1) is 14.2. The molecule has 1 rings (SSSR count). The minimum atomic E-state index is 0. The van der Waals surface area contributed by atoms with Gasteiger partial charge in [-0.2, -0.15) is 0 Å². The van der Waals surface area contributed by atoms with Crippen LogP contribution in [0.3, 0.4) is 0 Å². The Labute approximate surface area is 94.4 Å². The van der Waals surface area contributed by atoms with E-state index in [0.717, 1.165) is 6.61 Å². The highest BCUT2D eigenvalue weighted by Crippen LogP contribution is 2.12. The SMILES string of the molecule is CCCCN(CCCC)CC1CO1.Cl. The minimum absolute atomic E-state index is 0. The predicted octanol–water partition coefficient (Wildman–Crippen LogP) is 2.71. The molecule has 0 amide bonds. The van der Waals surface area contributed by atoms with Gasteiger partial charge < -0.3 is 9.64 Å². The average molecular weight is 222 g/mol. The molecule has 0 N–H and O–H groups in total. The van der Waals surface area contributed by atoms with Crippen molar-refractivity contribution < 1.29 is 4.74 Å². The van der Waals surface area contributed by atoms with Crippen LogP contribution in [-0.2, 0) is 4.74 Å². The van der Waals surface area contributed by atoms with Gasteiger partial charge in [0, 0.05) is 6.54 Å². The van der Waals surface area contributed by atoms with Crippen molar-refractivity contribution in [1.82, 2.24) is 4.90 Å². The van der Waals surface area contributed by atoms with E-state index in [1.54, 1.807) is 0 Å². The lowest BCUT2D eigenvalue weighted by molar-refractivity contribution is 0.236. The topological polar surface area (TPSA) is 15.8 Å². The molecule has 0 aromatic carbocycles. The van der Waals surface area contributed by atoms with Crippen molar-refractivity contribution in [2.45, 2.75) is 45.6 Å². The molecule has 0 aromatic heterocycles. The molecule has 1 unspecified atom stereocenters. The van der Waals surface area contributed by atoms with E-state index in [1.165, 1.54) is 45.3 Å². The molecule has 0 saturated carbocycles.